The molecule has 0 rings (SSSR count). The van der Waals surface area contributed by atoms with Crippen LogP contribution in [0.25, 0.3) is 0 Å². The van der Waals surface area contributed by atoms with Gasteiger partial charge in [0.1, 0.15) is 13.2 Å². The summed E-state index contributed by atoms with van der Waals surface area (Å²) in [4.78, 5) is 37.7. The summed E-state index contributed by atoms with van der Waals surface area (Å²) in [6.45, 7) is 6.15. The van der Waals surface area contributed by atoms with Gasteiger partial charge in [-0.2, -0.15) is 0 Å². The number of allylic oxidation sites excluding steroid dienone is 18. The lowest BCUT2D eigenvalue weighted by Gasteiger charge is -2.18. The molecule has 6 nitrogen and oxygen atoms in total. The molecule has 0 aliphatic rings. The number of unbranched alkanes of at least 4 members (excludes halogenated alkanes) is 11. The van der Waals surface area contributed by atoms with Crippen molar-refractivity contribution in [1.29, 1.82) is 0 Å². The summed E-state index contributed by atoms with van der Waals surface area (Å²) in [5.74, 6) is -1.02. The molecule has 0 saturated carbocycles. The van der Waals surface area contributed by atoms with E-state index in [2.05, 4.69) is 106 Å². The van der Waals surface area contributed by atoms with E-state index in [1.165, 1.54) is 0 Å². The molecule has 0 aromatic carbocycles. The maximum absolute atomic E-state index is 12.7. The van der Waals surface area contributed by atoms with Gasteiger partial charge in [-0.3, -0.25) is 14.4 Å². The average molecular weight is 775 g/mol. The van der Waals surface area contributed by atoms with Gasteiger partial charge in [0.05, 0.1) is 0 Å². The first-order chi connectivity index (χ1) is 27.5. The van der Waals surface area contributed by atoms with E-state index in [0.717, 1.165) is 122 Å². The fraction of sp³-hybridized carbons (Fsp3) is 0.580. The Balaban J connectivity index is 4.53. The van der Waals surface area contributed by atoms with E-state index in [1.807, 2.05) is 24.3 Å². The predicted octanol–water partition coefficient (Wildman–Crippen LogP) is 14.0. The van der Waals surface area contributed by atoms with E-state index in [4.69, 9.17) is 14.2 Å². The van der Waals surface area contributed by atoms with Crippen molar-refractivity contribution in [2.75, 3.05) is 13.2 Å². The van der Waals surface area contributed by atoms with E-state index in [-0.39, 0.29) is 37.5 Å². The van der Waals surface area contributed by atoms with Gasteiger partial charge in [0.2, 0.25) is 0 Å². The summed E-state index contributed by atoms with van der Waals surface area (Å²) in [6, 6.07) is 0. The minimum Gasteiger partial charge on any atom is -0.462 e. The van der Waals surface area contributed by atoms with Crippen LogP contribution in [0.1, 0.15) is 168 Å². The summed E-state index contributed by atoms with van der Waals surface area (Å²) < 4.78 is 16.6. The van der Waals surface area contributed by atoms with Gasteiger partial charge in [0.15, 0.2) is 6.10 Å². The smallest absolute Gasteiger partial charge is 0.306 e. The van der Waals surface area contributed by atoms with E-state index in [1.54, 1.807) is 0 Å². The zero-order chi connectivity index (χ0) is 40.8. The third-order valence-corrected chi connectivity index (χ3v) is 8.60. The van der Waals surface area contributed by atoms with Crippen LogP contribution in [0.3, 0.4) is 0 Å². The number of hydrogen-bond acceptors (Lipinski definition) is 6. The van der Waals surface area contributed by atoms with Crippen LogP contribution in [0.2, 0.25) is 0 Å². The lowest BCUT2D eigenvalue weighted by Crippen LogP contribution is -2.30. The summed E-state index contributed by atoms with van der Waals surface area (Å²) in [5, 5.41) is 0. The number of rotatable bonds is 37. The first-order valence-corrected chi connectivity index (χ1v) is 21.9. The largest absolute Gasteiger partial charge is 0.462 e. The van der Waals surface area contributed by atoms with Crippen molar-refractivity contribution >= 4 is 17.9 Å². The fourth-order valence-electron chi connectivity index (χ4n) is 5.39. The van der Waals surface area contributed by atoms with E-state index >= 15 is 0 Å². The van der Waals surface area contributed by atoms with Crippen LogP contribution in [-0.2, 0) is 28.6 Å². The fourth-order valence-corrected chi connectivity index (χ4v) is 5.39. The highest BCUT2D eigenvalue weighted by molar-refractivity contribution is 5.71. The normalized spacial score (nSPS) is 13.1. The Kier molecular flexibility index (Phi) is 40.7. The summed E-state index contributed by atoms with van der Waals surface area (Å²) in [5.41, 5.74) is 0. The second-order valence-corrected chi connectivity index (χ2v) is 13.9. The molecule has 1 unspecified atom stereocenters. The van der Waals surface area contributed by atoms with Crippen LogP contribution in [0.5, 0.6) is 0 Å². The van der Waals surface area contributed by atoms with Gasteiger partial charge in [-0.25, -0.2) is 0 Å². The molecule has 314 valence electrons. The minimum atomic E-state index is -0.815. The molecule has 0 heterocycles. The molecule has 0 fully saturated rings. The number of carbonyl (C=O) groups excluding carboxylic acids is 3. The first kappa shape index (κ1) is 52.1. The Hall–Kier alpha value is -3.93. The van der Waals surface area contributed by atoms with E-state index < -0.39 is 6.10 Å². The highest BCUT2D eigenvalue weighted by Crippen LogP contribution is 2.12. The lowest BCUT2D eigenvalue weighted by atomic mass is 10.1. The lowest BCUT2D eigenvalue weighted by molar-refractivity contribution is -0.167. The van der Waals surface area contributed by atoms with Crippen LogP contribution >= 0.6 is 0 Å². The van der Waals surface area contributed by atoms with Crippen molar-refractivity contribution in [3.05, 3.63) is 109 Å². The van der Waals surface area contributed by atoms with Gasteiger partial charge in [0, 0.05) is 19.3 Å². The predicted molar refractivity (Wildman–Crippen MR) is 237 cm³/mol. The minimum absolute atomic E-state index is 0.115. The maximum atomic E-state index is 12.7. The topological polar surface area (TPSA) is 78.9 Å². The number of esters is 3. The third kappa shape index (κ3) is 41.2. The molecule has 0 bridgehead atoms. The molecule has 1 atom stereocenters. The molecule has 0 saturated heterocycles. The Bertz CT molecular complexity index is 1210. The molecule has 0 aromatic heterocycles. The van der Waals surface area contributed by atoms with Crippen molar-refractivity contribution in [2.45, 2.75) is 175 Å². The summed E-state index contributed by atoms with van der Waals surface area (Å²) in [7, 11) is 0. The molecule has 56 heavy (non-hydrogen) atoms. The summed E-state index contributed by atoms with van der Waals surface area (Å²) >= 11 is 0. The number of carbonyl (C=O) groups is 3. The number of hydrogen-bond donors (Lipinski definition) is 0. The van der Waals surface area contributed by atoms with Crippen LogP contribution in [-0.4, -0.2) is 37.2 Å². The van der Waals surface area contributed by atoms with E-state index in [0.29, 0.717) is 19.3 Å². The van der Waals surface area contributed by atoms with Crippen LogP contribution in [0.15, 0.2) is 109 Å². The van der Waals surface area contributed by atoms with Crippen LogP contribution < -0.4 is 0 Å². The Morgan fingerprint density at radius 3 is 1.29 bits per heavy atom. The van der Waals surface area contributed by atoms with Gasteiger partial charge < -0.3 is 14.2 Å². The highest BCUT2D eigenvalue weighted by atomic mass is 16.6. The van der Waals surface area contributed by atoms with Crippen molar-refractivity contribution in [3.8, 4) is 0 Å². The van der Waals surface area contributed by atoms with E-state index in [9.17, 15) is 14.4 Å². The average Bonchev–Trinajstić information content (AvgIpc) is 3.19. The molecule has 0 spiro atoms. The molecule has 0 amide bonds. The molecule has 0 aromatic rings. The van der Waals surface area contributed by atoms with Gasteiger partial charge in [-0.05, 0) is 89.9 Å². The standard InChI is InChI=1S/C50H78O6/c1-4-7-10-13-16-19-22-24-25-26-29-31-34-37-40-43-49(52)55-46-47(45-54-48(51)42-39-36-33-30-27-21-18-15-12-9-6-3)56-50(53)44-41-38-35-32-28-23-20-17-14-11-8-5-2/h7-13,16-22,24-25,30,33,47H,4-6,14-15,23,26-29,31-32,34-46H2,1-3H3/b10-7-,11-8-,12-9-,16-13-,20-17-,21-18-,22-19-,25-24-,33-30-. The van der Waals surface area contributed by atoms with Gasteiger partial charge >= 0.3 is 17.9 Å². The maximum Gasteiger partial charge on any atom is 0.306 e. The summed E-state index contributed by atoms with van der Waals surface area (Å²) in [6.07, 6.45) is 57.9. The van der Waals surface area contributed by atoms with Crippen molar-refractivity contribution in [2.24, 2.45) is 0 Å². The molecule has 0 N–H and O–H groups in total. The highest BCUT2D eigenvalue weighted by Gasteiger charge is 2.19. The van der Waals surface area contributed by atoms with Gasteiger partial charge in [0.25, 0.3) is 0 Å². The van der Waals surface area contributed by atoms with Crippen molar-refractivity contribution in [3.63, 3.8) is 0 Å². The SMILES string of the molecule is CC\C=C/C=C\C=C/C=C\CCCCCCCC(=O)OCC(COC(=O)CCC/C=C\C/C=C\C/C=C\CC)OC(=O)CCCCCCC/C=C\C/C=C\CC. The molecular weight excluding hydrogens is 697 g/mol. The molecule has 6 heteroatoms. The van der Waals surface area contributed by atoms with Gasteiger partial charge in [-0.1, -0.05) is 169 Å². The quantitative estimate of drug-likeness (QED) is 0.0206. The zero-order valence-corrected chi connectivity index (χ0v) is 35.6. The second-order valence-electron chi connectivity index (χ2n) is 13.9. The van der Waals surface area contributed by atoms with Gasteiger partial charge in [-0.15, -0.1) is 0 Å². The Morgan fingerprint density at radius 2 is 0.750 bits per heavy atom. The molecular formula is C50H78O6. The number of ether oxygens (including phenoxy) is 3. The van der Waals surface area contributed by atoms with Crippen molar-refractivity contribution in [1.82, 2.24) is 0 Å². The van der Waals surface area contributed by atoms with Crippen molar-refractivity contribution < 1.29 is 28.6 Å². The monoisotopic (exact) mass is 775 g/mol. The molecule has 0 aliphatic heterocycles. The zero-order valence-electron chi connectivity index (χ0n) is 35.6. The second kappa shape index (κ2) is 43.8. The van der Waals surface area contributed by atoms with Crippen LogP contribution in [0.4, 0.5) is 0 Å². The molecule has 0 radical (unpaired) electrons. The first-order valence-electron chi connectivity index (χ1n) is 21.9. The molecule has 0 aliphatic carbocycles. The third-order valence-electron chi connectivity index (χ3n) is 8.60. The van der Waals surface area contributed by atoms with Crippen LogP contribution in [0, 0.1) is 0 Å². The Morgan fingerprint density at radius 1 is 0.375 bits per heavy atom. The Labute approximate surface area is 342 Å².